The number of carbonyl (C=O) groups excluding carboxylic acids is 4. The second-order valence-electron chi connectivity index (χ2n) is 9.69. The molecule has 0 atom stereocenters. The third-order valence-corrected chi connectivity index (χ3v) is 6.61. The molecule has 4 aromatic carbocycles. The van der Waals surface area contributed by atoms with Crippen molar-refractivity contribution in [2.45, 2.75) is 19.8 Å². The Kier molecular flexibility index (Phi) is 11.8. The zero-order chi connectivity index (χ0) is 32.9. The van der Waals surface area contributed by atoms with Gasteiger partial charge in [0.15, 0.2) is 11.5 Å². The fourth-order valence-electron chi connectivity index (χ4n) is 3.95. The molecule has 0 spiro atoms. The van der Waals surface area contributed by atoms with Gasteiger partial charge in [0.2, 0.25) is 0 Å². The highest BCUT2D eigenvalue weighted by Crippen LogP contribution is 2.29. The van der Waals surface area contributed by atoms with Crippen LogP contribution in [0.15, 0.2) is 96.1 Å². The van der Waals surface area contributed by atoms with Crippen LogP contribution >= 0.6 is 11.6 Å². The lowest BCUT2D eigenvalue weighted by molar-refractivity contribution is -0.136. The molecule has 0 bridgehead atoms. The number of benzene rings is 4. The van der Waals surface area contributed by atoms with Crippen molar-refractivity contribution in [2.75, 3.05) is 24.4 Å². The van der Waals surface area contributed by atoms with E-state index < -0.39 is 23.7 Å². The topological polar surface area (TPSA) is 144 Å². The summed E-state index contributed by atoms with van der Waals surface area (Å²) < 4.78 is 16.5. The van der Waals surface area contributed by atoms with E-state index >= 15 is 0 Å². The Morgan fingerprint density at radius 2 is 1.59 bits per heavy atom. The van der Waals surface area contributed by atoms with E-state index in [1.54, 1.807) is 72.8 Å². The summed E-state index contributed by atoms with van der Waals surface area (Å²) in [5.41, 5.74) is 3.73. The van der Waals surface area contributed by atoms with Crippen molar-refractivity contribution < 1.29 is 33.4 Å². The number of para-hydroxylation sites is 1. The van der Waals surface area contributed by atoms with E-state index in [2.05, 4.69) is 28.1 Å². The third-order valence-electron chi connectivity index (χ3n) is 6.35. The maximum atomic E-state index is 12.8. The van der Waals surface area contributed by atoms with E-state index in [0.29, 0.717) is 34.2 Å². The molecular formula is C34H31ClN4O7. The van der Waals surface area contributed by atoms with Crippen LogP contribution in [0.2, 0.25) is 5.02 Å². The number of nitrogens with zero attached hydrogens (tertiary/aromatic N) is 1. The van der Waals surface area contributed by atoms with E-state index in [1.807, 2.05) is 0 Å². The lowest BCUT2D eigenvalue weighted by Gasteiger charge is -2.11. The second kappa shape index (κ2) is 16.4. The molecular weight excluding hydrogens is 612 g/mol. The molecule has 0 aliphatic rings. The van der Waals surface area contributed by atoms with Crippen LogP contribution in [0.4, 0.5) is 11.4 Å². The van der Waals surface area contributed by atoms with Crippen LogP contribution in [0.25, 0.3) is 0 Å². The summed E-state index contributed by atoms with van der Waals surface area (Å²) in [7, 11) is 1.41. The molecule has 4 aromatic rings. The number of ether oxygens (including phenoxy) is 3. The number of rotatable bonds is 12. The molecule has 0 heterocycles. The van der Waals surface area contributed by atoms with Crippen molar-refractivity contribution in [1.29, 1.82) is 0 Å². The molecule has 12 heteroatoms. The smallest absolute Gasteiger partial charge is 0.343 e. The highest BCUT2D eigenvalue weighted by molar-refractivity contribution is 6.40. The fraction of sp³-hybridized carbons (Fsp3) is 0.147. The van der Waals surface area contributed by atoms with Gasteiger partial charge in [0.25, 0.3) is 5.91 Å². The number of unbranched alkanes of at least 4 members (excludes halogenated alkanes) is 1. The second-order valence-corrected chi connectivity index (χ2v) is 10.1. The molecule has 0 fully saturated rings. The standard InChI is InChI=1S/C34H31ClN4O7/c1-3-4-19-45-26-16-10-23(11-17-26)34(43)46-29-18-9-22(20-30(29)44-2)21-36-39-33(42)32(41)38-28-8-6-5-7-27(28)31(40)37-25-14-12-24(35)13-15-25/h5-18,20-21H,3-4,19H2,1-2H3,(H,37,40)(H,38,41)(H,39,42). The summed E-state index contributed by atoms with van der Waals surface area (Å²) in [4.78, 5) is 50.4. The van der Waals surface area contributed by atoms with Gasteiger partial charge in [-0.15, -0.1) is 0 Å². The Morgan fingerprint density at radius 1 is 0.848 bits per heavy atom. The van der Waals surface area contributed by atoms with Gasteiger partial charge in [0.1, 0.15) is 5.75 Å². The molecule has 0 aromatic heterocycles. The number of esters is 1. The summed E-state index contributed by atoms with van der Waals surface area (Å²) in [5.74, 6) is -2.09. The van der Waals surface area contributed by atoms with E-state index in [1.165, 1.54) is 31.5 Å². The van der Waals surface area contributed by atoms with Gasteiger partial charge in [-0.25, -0.2) is 10.2 Å². The van der Waals surface area contributed by atoms with E-state index in [0.717, 1.165) is 12.8 Å². The third kappa shape index (κ3) is 9.41. The van der Waals surface area contributed by atoms with Crippen LogP contribution < -0.4 is 30.3 Å². The van der Waals surface area contributed by atoms with Gasteiger partial charge in [-0.05, 0) is 90.8 Å². The summed E-state index contributed by atoms with van der Waals surface area (Å²) in [6, 6.07) is 24.0. The van der Waals surface area contributed by atoms with Gasteiger partial charge >= 0.3 is 17.8 Å². The number of methoxy groups -OCH3 is 1. The minimum absolute atomic E-state index is 0.129. The molecule has 0 unspecified atom stereocenters. The van der Waals surface area contributed by atoms with Crippen LogP contribution in [0, 0.1) is 0 Å². The number of halogens is 1. The minimum Gasteiger partial charge on any atom is -0.494 e. The molecule has 0 aliphatic carbocycles. The first-order valence-corrected chi connectivity index (χ1v) is 14.6. The van der Waals surface area contributed by atoms with Crippen LogP contribution in [0.3, 0.4) is 0 Å². The van der Waals surface area contributed by atoms with Crippen molar-refractivity contribution >= 4 is 52.9 Å². The number of carbonyl (C=O) groups is 4. The number of nitrogens with one attached hydrogen (secondary N) is 3. The molecule has 3 amide bonds. The SMILES string of the molecule is CCCCOc1ccc(C(=O)Oc2ccc(C=NNC(=O)C(=O)Nc3ccccc3C(=O)Nc3ccc(Cl)cc3)cc2OC)cc1. The van der Waals surface area contributed by atoms with Gasteiger partial charge < -0.3 is 24.8 Å². The van der Waals surface area contributed by atoms with Crippen LogP contribution in [0.5, 0.6) is 17.2 Å². The first kappa shape index (κ1) is 33.2. The van der Waals surface area contributed by atoms with Crippen molar-refractivity contribution in [1.82, 2.24) is 5.43 Å². The normalized spacial score (nSPS) is 10.6. The molecule has 0 aliphatic heterocycles. The van der Waals surface area contributed by atoms with Crippen molar-refractivity contribution in [3.8, 4) is 17.2 Å². The molecule has 46 heavy (non-hydrogen) atoms. The zero-order valence-corrected chi connectivity index (χ0v) is 25.8. The Balaban J connectivity index is 1.32. The van der Waals surface area contributed by atoms with Gasteiger partial charge in [0, 0.05) is 10.7 Å². The first-order valence-electron chi connectivity index (χ1n) is 14.2. The van der Waals surface area contributed by atoms with Gasteiger partial charge in [-0.3, -0.25) is 14.4 Å². The predicted molar refractivity (Wildman–Crippen MR) is 175 cm³/mol. The monoisotopic (exact) mass is 642 g/mol. The number of anilines is 2. The van der Waals surface area contributed by atoms with Crippen LogP contribution in [0.1, 0.15) is 46.0 Å². The summed E-state index contributed by atoms with van der Waals surface area (Å²) >= 11 is 5.89. The lowest BCUT2D eigenvalue weighted by atomic mass is 10.1. The van der Waals surface area contributed by atoms with Gasteiger partial charge in [-0.2, -0.15) is 5.10 Å². The predicted octanol–water partition coefficient (Wildman–Crippen LogP) is 6.09. The largest absolute Gasteiger partial charge is 0.494 e. The average Bonchev–Trinajstić information content (AvgIpc) is 3.07. The minimum atomic E-state index is -1.07. The summed E-state index contributed by atoms with van der Waals surface area (Å²) in [6.45, 7) is 2.68. The van der Waals surface area contributed by atoms with Crippen molar-refractivity contribution in [3.05, 3.63) is 113 Å². The Labute approximate surface area is 270 Å². The maximum absolute atomic E-state index is 12.8. The summed E-state index contributed by atoms with van der Waals surface area (Å²) in [6.07, 6.45) is 3.24. The van der Waals surface area contributed by atoms with Crippen LogP contribution in [-0.2, 0) is 9.59 Å². The average molecular weight is 643 g/mol. The molecule has 4 rings (SSSR count). The number of hydrazone groups is 1. The van der Waals surface area contributed by atoms with Gasteiger partial charge in [0.05, 0.1) is 36.7 Å². The fourth-order valence-corrected chi connectivity index (χ4v) is 4.07. The summed E-state index contributed by atoms with van der Waals surface area (Å²) in [5, 5.41) is 9.47. The molecule has 0 saturated carbocycles. The van der Waals surface area contributed by atoms with Gasteiger partial charge in [-0.1, -0.05) is 37.1 Å². The Hall–Kier alpha value is -5.68. The molecule has 11 nitrogen and oxygen atoms in total. The highest BCUT2D eigenvalue weighted by atomic mass is 35.5. The zero-order valence-electron chi connectivity index (χ0n) is 25.0. The molecule has 3 N–H and O–H groups in total. The Morgan fingerprint density at radius 3 is 2.30 bits per heavy atom. The molecule has 236 valence electrons. The first-order chi connectivity index (χ1) is 22.3. The Bertz CT molecular complexity index is 1720. The number of hydrogen-bond donors (Lipinski definition) is 3. The highest BCUT2D eigenvalue weighted by Gasteiger charge is 2.18. The quantitative estimate of drug-likeness (QED) is 0.0424. The maximum Gasteiger partial charge on any atom is 0.343 e. The number of hydrogen-bond acceptors (Lipinski definition) is 8. The van der Waals surface area contributed by atoms with Crippen molar-refractivity contribution in [2.24, 2.45) is 5.10 Å². The van der Waals surface area contributed by atoms with Crippen molar-refractivity contribution in [3.63, 3.8) is 0 Å². The molecule has 0 radical (unpaired) electrons. The lowest BCUT2D eigenvalue weighted by Crippen LogP contribution is -2.33. The van der Waals surface area contributed by atoms with E-state index in [4.69, 9.17) is 25.8 Å². The van der Waals surface area contributed by atoms with E-state index in [9.17, 15) is 19.2 Å². The van der Waals surface area contributed by atoms with E-state index in [-0.39, 0.29) is 22.7 Å². The number of amides is 3. The molecule has 0 saturated heterocycles. The van der Waals surface area contributed by atoms with Crippen LogP contribution in [-0.4, -0.2) is 43.6 Å².